The summed E-state index contributed by atoms with van der Waals surface area (Å²) in [6.45, 7) is -0.190. The maximum Gasteiger partial charge on any atom is 0.360 e. The van der Waals surface area contributed by atoms with E-state index in [1.165, 1.54) is 24.3 Å². The monoisotopic (exact) mass is 428 g/mol. The van der Waals surface area contributed by atoms with Crippen LogP contribution in [0.2, 0.25) is 0 Å². The first kappa shape index (κ1) is 20.5. The number of hydrogen-bond donors (Lipinski definition) is 1. The average molecular weight is 428 g/mol. The molecule has 160 valence electrons. The van der Waals surface area contributed by atoms with Gasteiger partial charge in [0.15, 0.2) is 0 Å². The maximum absolute atomic E-state index is 15.3. The number of hydrogen-bond acceptors (Lipinski definition) is 6. The first-order valence-corrected chi connectivity index (χ1v) is 9.34. The highest BCUT2D eigenvalue weighted by molar-refractivity contribution is 6.03. The summed E-state index contributed by atoms with van der Waals surface area (Å²) in [6.07, 6.45) is 4.44. The summed E-state index contributed by atoms with van der Waals surface area (Å²) in [5, 5.41) is 6.28. The zero-order valence-corrected chi connectivity index (χ0v) is 16.4. The van der Waals surface area contributed by atoms with Crippen LogP contribution in [0, 0.1) is 0 Å². The van der Waals surface area contributed by atoms with Gasteiger partial charge < -0.3 is 19.3 Å². The maximum atomic E-state index is 15.3. The summed E-state index contributed by atoms with van der Waals surface area (Å²) in [5.41, 5.74) is -2.24. The number of rotatable bonds is 6. The molecule has 2 aromatic heterocycles. The first-order valence-electron chi connectivity index (χ1n) is 9.34. The summed E-state index contributed by atoms with van der Waals surface area (Å²) in [5.74, 6) is -5.45. The lowest BCUT2D eigenvalue weighted by Gasteiger charge is -2.32. The van der Waals surface area contributed by atoms with Crippen molar-refractivity contribution in [1.82, 2.24) is 14.7 Å². The molecule has 0 saturated heterocycles. The topological polar surface area (TPSA) is 94.3 Å². The number of alkyl halides is 2. The zero-order chi connectivity index (χ0) is 22.1. The number of halogens is 2. The molecule has 1 unspecified atom stereocenters. The molecule has 8 nitrogen and oxygen atoms in total. The van der Waals surface area contributed by atoms with Crippen molar-refractivity contribution in [2.24, 2.45) is 5.16 Å². The molecule has 10 heteroatoms. The van der Waals surface area contributed by atoms with Crippen molar-refractivity contribution in [3.05, 3.63) is 72.2 Å². The lowest BCUT2D eigenvalue weighted by atomic mass is 9.85. The van der Waals surface area contributed by atoms with E-state index in [-0.39, 0.29) is 12.3 Å². The van der Waals surface area contributed by atoms with Gasteiger partial charge in [0.25, 0.3) is 5.91 Å². The van der Waals surface area contributed by atoms with E-state index in [1.54, 1.807) is 41.2 Å². The number of methoxy groups -OCH3 is 1. The molecule has 1 atom stereocenters. The average Bonchev–Trinajstić information content (AvgIpc) is 3.45. The van der Waals surface area contributed by atoms with Crippen molar-refractivity contribution < 1.29 is 27.9 Å². The van der Waals surface area contributed by atoms with Crippen LogP contribution in [0.3, 0.4) is 0 Å². The molecular weight excluding hydrogens is 410 g/mol. The molecule has 1 N–H and O–H groups in total. The largest absolute Gasteiger partial charge is 0.466 e. The minimum atomic E-state index is -3.72. The predicted octanol–water partition coefficient (Wildman–Crippen LogP) is 2.54. The van der Waals surface area contributed by atoms with Gasteiger partial charge in [0.1, 0.15) is 5.65 Å². The second-order valence-electron chi connectivity index (χ2n) is 6.95. The number of oxime groups is 1. The van der Waals surface area contributed by atoms with Gasteiger partial charge in [0, 0.05) is 24.2 Å². The van der Waals surface area contributed by atoms with Gasteiger partial charge >= 0.3 is 17.5 Å². The first-order chi connectivity index (χ1) is 14.9. The summed E-state index contributed by atoms with van der Waals surface area (Å²) < 4.78 is 37.0. The SMILES string of the molecule is COC(=O)C1(C(F)(F)c2ccccc2)CC(CNC(=O)c2cccn3ccnc23)=NO1. The van der Waals surface area contributed by atoms with Gasteiger partial charge in [-0.25, -0.2) is 9.78 Å². The van der Waals surface area contributed by atoms with Crippen LogP contribution in [0.25, 0.3) is 5.65 Å². The van der Waals surface area contributed by atoms with Gasteiger partial charge in [0.05, 0.1) is 31.4 Å². The Bertz CT molecular complexity index is 1160. The number of nitrogens with one attached hydrogen (secondary N) is 1. The molecule has 0 saturated carbocycles. The minimum Gasteiger partial charge on any atom is -0.466 e. The van der Waals surface area contributed by atoms with Gasteiger partial charge in [-0.1, -0.05) is 35.5 Å². The van der Waals surface area contributed by atoms with Gasteiger partial charge in [-0.15, -0.1) is 0 Å². The molecule has 31 heavy (non-hydrogen) atoms. The minimum absolute atomic E-state index is 0.0737. The third kappa shape index (κ3) is 3.39. The highest BCUT2D eigenvalue weighted by Crippen LogP contribution is 2.46. The lowest BCUT2D eigenvalue weighted by molar-refractivity contribution is -0.222. The smallest absolute Gasteiger partial charge is 0.360 e. The van der Waals surface area contributed by atoms with E-state index in [1.807, 2.05) is 0 Å². The van der Waals surface area contributed by atoms with E-state index in [4.69, 9.17) is 4.84 Å². The molecule has 1 amide bonds. The quantitative estimate of drug-likeness (QED) is 0.609. The van der Waals surface area contributed by atoms with Crippen molar-refractivity contribution >= 4 is 23.2 Å². The van der Waals surface area contributed by atoms with Crippen molar-refractivity contribution in [2.45, 2.75) is 17.9 Å². The third-order valence-electron chi connectivity index (χ3n) is 5.06. The number of imidazole rings is 1. The van der Waals surface area contributed by atoms with E-state index in [0.717, 1.165) is 7.11 Å². The van der Waals surface area contributed by atoms with E-state index in [2.05, 4.69) is 20.2 Å². The Morgan fingerprint density at radius 1 is 1.23 bits per heavy atom. The highest BCUT2D eigenvalue weighted by Gasteiger charge is 2.66. The van der Waals surface area contributed by atoms with Crippen LogP contribution in [-0.4, -0.2) is 46.2 Å². The third-order valence-corrected chi connectivity index (χ3v) is 5.06. The van der Waals surface area contributed by atoms with Crippen LogP contribution >= 0.6 is 0 Å². The fourth-order valence-corrected chi connectivity index (χ4v) is 3.44. The number of ether oxygens (including phenoxy) is 1. The lowest BCUT2D eigenvalue weighted by Crippen LogP contribution is -2.53. The number of esters is 1. The van der Waals surface area contributed by atoms with E-state index < -0.39 is 35.4 Å². The van der Waals surface area contributed by atoms with E-state index >= 15 is 8.78 Å². The van der Waals surface area contributed by atoms with Crippen LogP contribution in [0.15, 0.2) is 66.2 Å². The molecule has 0 fully saturated rings. The predicted molar refractivity (Wildman–Crippen MR) is 106 cm³/mol. The molecule has 1 aromatic carbocycles. The summed E-state index contributed by atoms with van der Waals surface area (Å²) >= 11 is 0. The number of carbonyl (C=O) groups is 2. The Balaban J connectivity index is 1.52. The molecule has 0 radical (unpaired) electrons. The van der Waals surface area contributed by atoms with Crippen LogP contribution in [0.5, 0.6) is 0 Å². The van der Waals surface area contributed by atoms with Gasteiger partial charge in [-0.2, -0.15) is 8.78 Å². The van der Waals surface area contributed by atoms with Crippen LogP contribution in [0.4, 0.5) is 8.78 Å². The number of fused-ring (bicyclic) bond motifs is 1. The molecule has 0 aliphatic carbocycles. The molecule has 3 heterocycles. The fourth-order valence-electron chi connectivity index (χ4n) is 3.44. The second kappa shape index (κ2) is 7.78. The molecule has 0 spiro atoms. The highest BCUT2D eigenvalue weighted by atomic mass is 19.3. The normalized spacial score (nSPS) is 18.4. The fraction of sp³-hybridized carbons (Fsp3) is 0.238. The molecule has 0 bridgehead atoms. The van der Waals surface area contributed by atoms with Gasteiger partial charge in [0.2, 0.25) is 0 Å². The molecule has 4 rings (SSSR count). The van der Waals surface area contributed by atoms with Crippen LogP contribution in [0.1, 0.15) is 22.3 Å². The van der Waals surface area contributed by atoms with Crippen LogP contribution in [-0.2, 0) is 20.3 Å². The molecular formula is C21H18F2N4O4. The molecule has 1 aliphatic heterocycles. The summed E-state index contributed by atoms with van der Waals surface area (Å²) in [7, 11) is 0.999. The van der Waals surface area contributed by atoms with Crippen molar-refractivity contribution in [3.8, 4) is 0 Å². The van der Waals surface area contributed by atoms with Gasteiger partial charge in [-0.3, -0.25) is 4.79 Å². The number of benzene rings is 1. The molecule has 3 aromatic rings. The second-order valence-corrected chi connectivity index (χ2v) is 6.95. The number of aromatic nitrogens is 2. The Morgan fingerprint density at radius 3 is 2.74 bits per heavy atom. The molecule has 1 aliphatic rings. The Kier molecular flexibility index (Phi) is 5.14. The number of pyridine rings is 1. The van der Waals surface area contributed by atoms with Crippen molar-refractivity contribution in [2.75, 3.05) is 13.7 Å². The van der Waals surface area contributed by atoms with Crippen LogP contribution < -0.4 is 5.32 Å². The number of nitrogens with zero attached hydrogens (tertiary/aromatic N) is 3. The number of carbonyl (C=O) groups excluding carboxylic acids is 2. The van der Waals surface area contributed by atoms with Crippen molar-refractivity contribution in [3.63, 3.8) is 0 Å². The van der Waals surface area contributed by atoms with E-state index in [0.29, 0.717) is 11.2 Å². The van der Waals surface area contributed by atoms with Crippen molar-refractivity contribution in [1.29, 1.82) is 0 Å². The standard InChI is InChI=1S/C21H18F2N4O4/c1-30-19(29)20(21(22,23)14-6-3-2-4-7-14)12-15(26-31-20)13-25-18(28)16-8-5-10-27-11-9-24-17(16)27/h2-11H,12-13H2,1H3,(H,25,28). The Hall–Kier alpha value is -3.82. The Morgan fingerprint density at radius 2 is 2.00 bits per heavy atom. The number of amides is 1. The summed E-state index contributed by atoms with van der Waals surface area (Å²) in [4.78, 5) is 34.1. The zero-order valence-electron chi connectivity index (χ0n) is 16.4. The van der Waals surface area contributed by atoms with Gasteiger partial charge in [-0.05, 0) is 12.1 Å². The Labute approximate surface area is 175 Å². The van der Waals surface area contributed by atoms with E-state index in [9.17, 15) is 9.59 Å². The summed E-state index contributed by atoms with van der Waals surface area (Å²) in [6, 6.07) is 10.1.